The van der Waals surface area contributed by atoms with E-state index in [1.54, 1.807) is 0 Å². The molecule has 1 fully saturated rings. The van der Waals surface area contributed by atoms with E-state index in [0.29, 0.717) is 0 Å². The topological polar surface area (TPSA) is 23.8 Å². The monoisotopic (exact) mass is 245 g/mol. The number of nitriles is 1. The summed E-state index contributed by atoms with van der Waals surface area (Å²) in [5.41, 5.74) is -0.0139. The zero-order valence-electron chi connectivity index (χ0n) is 10.2. The molecular formula is C15H19NS. The Kier molecular flexibility index (Phi) is 4.50. The minimum absolute atomic E-state index is 0.0139. The molecule has 17 heavy (non-hydrogen) atoms. The molecule has 2 rings (SSSR count). The number of nitrogens with zero attached hydrogens (tertiary/aromatic N) is 1. The quantitative estimate of drug-likeness (QED) is 0.721. The summed E-state index contributed by atoms with van der Waals surface area (Å²) in [5.74, 6) is 1.07. The van der Waals surface area contributed by atoms with Crippen LogP contribution in [0.3, 0.4) is 0 Å². The van der Waals surface area contributed by atoms with E-state index in [9.17, 15) is 5.26 Å². The van der Waals surface area contributed by atoms with Crippen LogP contribution in [0, 0.1) is 16.7 Å². The zero-order valence-corrected chi connectivity index (χ0v) is 11.0. The molecule has 0 bridgehead atoms. The van der Waals surface area contributed by atoms with Gasteiger partial charge in [-0.3, -0.25) is 0 Å². The third-order valence-electron chi connectivity index (χ3n) is 3.64. The fourth-order valence-corrected chi connectivity index (χ4v) is 3.61. The van der Waals surface area contributed by atoms with Gasteiger partial charge in [0.2, 0.25) is 0 Å². The molecule has 0 atom stereocenters. The van der Waals surface area contributed by atoms with Crippen LogP contribution in [0.25, 0.3) is 0 Å². The highest BCUT2D eigenvalue weighted by Gasteiger charge is 2.31. The number of benzene rings is 1. The summed E-state index contributed by atoms with van der Waals surface area (Å²) >= 11 is 1.88. The van der Waals surface area contributed by atoms with Crippen LogP contribution in [-0.2, 0) is 0 Å². The fraction of sp³-hybridized carbons (Fsp3) is 0.533. The Bertz CT molecular complexity index is 374. The molecule has 0 spiro atoms. The lowest BCUT2D eigenvalue weighted by atomic mass is 9.73. The standard InChI is InChI=1S/C15H19NS/c16-13-15(9-5-2-6-10-15)11-12-17-14-7-3-1-4-8-14/h1,3-4,7-8H,2,5-6,9-12H2. The Morgan fingerprint density at radius 2 is 1.82 bits per heavy atom. The van der Waals surface area contributed by atoms with Crippen LogP contribution < -0.4 is 0 Å². The molecule has 1 aromatic carbocycles. The Hall–Kier alpha value is -0.940. The second-order valence-corrected chi connectivity index (χ2v) is 6.03. The molecule has 0 unspecified atom stereocenters. The molecular weight excluding hydrogens is 226 g/mol. The summed E-state index contributed by atoms with van der Waals surface area (Å²) in [5, 5.41) is 9.38. The van der Waals surface area contributed by atoms with E-state index in [1.165, 1.54) is 24.2 Å². The summed E-state index contributed by atoms with van der Waals surface area (Å²) in [7, 11) is 0. The summed E-state index contributed by atoms with van der Waals surface area (Å²) in [6.07, 6.45) is 7.06. The van der Waals surface area contributed by atoms with Crippen LogP contribution in [-0.4, -0.2) is 5.75 Å². The highest BCUT2D eigenvalue weighted by atomic mass is 32.2. The van der Waals surface area contributed by atoms with Gasteiger partial charge in [0, 0.05) is 4.90 Å². The summed E-state index contributed by atoms with van der Waals surface area (Å²) < 4.78 is 0. The van der Waals surface area contributed by atoms with Gasteiger partial charge in [0.05, 0.1) is 11.5 Å². The van der Waals surface area contributed by atoms with Crippen molar-refractivity contribution in [3.05, 3.63) is 30.3 Å². The molecule has 1 nitrogen and oxygen atoms in total. The van der Waals surface area contributed by atoms with E-state index in [1.807, 2.05) is 17.8 Å². The van der Waals surface area contributed by atoms with Crippen LogP contribution in [0.5, 0.6) is 0 Å². The Balaban J connectivity index is 1.83. The molecule has 0 aliphatic heterocycles. The van der Waals surface area contributed by atoms with Gasteiger partial charge in [0.1, 0.15) is 0 Å². The Morgan fingerprint density at radius 1 is 1.12 bits per heavy atom. The smallest absolute Gasteiger partial charge is 0.0690 e. The molecule has 0 amide bonds. The molecule has 0 radical (unpaired) electrons. The maximum atomic E-state index is 9.38. The van der Waals surface area contributed by atoms with E-state index in [2.05, 4.69) is 30.3 Å². The molecule has 1 aliphatic carbocycles. The second kappa shape index (κ2) is 6.12. The van der Waals surface area contributed by atoms with Crippen molar-refractivity contribution in [2.24, 2.45) is 5.41 Å². The van der Waals surface area contributed by atoms with Crippen LogP contribution in [0.15, 0.2) is 35.2 Å². The maximum Gasteiger partial charge on any atom is 0.0690 e. The number of hydrogen-bond acceptors (Lipinski definition) is 2. The average Bonchev–Trinajstić information content (AvgIpc) is 2.41. The molecule has 0 heterocycles. The zero-order chi connectivity index (χ0) is 12.0. The molecule has 0 saturated heterocycles. The van der Waals surface area contributed by atoms with Crippen LogP contribution in [0.2, 0.25) is 0 Å². The Labute approximate surface area is 108 Å². The molecule has 1 aromatic rings. The molecule has 2 heteroatoms. The normalized spacial score (nSPS) is 18.5. The first kappa shape index (κ1) is 12.5. The van der Waals surface area contributed by atoms with E-state index in [0.717, 1.165) is 25.0 Å². The van der Waals surface area contributed by atoms with Gasteiger partial charge in [-0.1, -0.05) is 37.5 Å². The van der Waals surface area contributed by atoms with Gasteiger partial charge in [-0.2, -0.15) is 5.26 Å². The first-order valence-electron chi connectivity index (χ1n) is 6.44. The van der Waals surface area contributed by atoms with Crippen molar-refractivity contribution < 1.29 is 0 Å². The van der Waals surface area contributed by atoms with Gasteiger partial charge in [-0.25, -0.2) is 0 Å². The minimum Gasteiger partial charge on any atom is -0.198 e. The van der Waals surface area contributed by atoms with Crippen LogP contribution >= 0.6 is 11.8 Å². The highest BCUT2D eigenvalue weighted by molar-refractivity contribution is 7.99. The fourth-order valence-electron chi connectivity index (χ4n) is 2.53. The lowest BCUT2D eigenvalue weighted by Gasteiger charge is -2.30. The summed E-state index contributed by atoms with van der Waals surface area (Å²) in [4.78, 5) is 1.32. The lowest BCUT2D eigenvalue weighted by Crippen LogP contribution is -2.22. The van der Waals surface area contributed by atoms with Crippen molar-refractivity contribution in [2.75, 3.05) is 5.75 Å². The SMILES string of the molecule is N#CC1(CCSc2ccccc2)CCCCC1. The van der Waals surface area contributed by atoms with Gasteiger partial charge >= 0.3 is 0 Å². The second-order valence-electron chi connectivity index (χ2n) is 4.86. The van der Waals surface area contributed by atoms with E-state index >= 15 is 0 Å². The number of rotatable bonds is 4. The first-order chi connectivity index (χ1) is 8.35. The van der Waals surface area contributed by atoms with Crippen LogP contribution in [0.4, 0.5) is 0 Å². The predicted molar refractivity (Wildman–Crippen MR) is 72.9 cm³/mol. The van der Waals surface area contributed by atoms with Crippen molar-refractivity contribution in [3.63, 3.8) is 0 Å². The molecule has 1 saturated carbocycles. The van der Waals surface area contributed by atoms with Gasteiger partial charge in [-0.05, 0) is 37.1 Å². The third-order valence-corrected chi connectivity index (χ3v) is 4.65. The molecule has 0 aromatic heterocycles. The largest absolute Gasteiger partial charge is 0.198 e. The van der Waals surface area contributed by atoms with Gasteiger partial charge in [0.15, 0.2) is 0 Å². The van der Waals surface area contributed by atoms with E-state index in [-0.39, 0.29) is 5.41 Å². The van der Waals surface area contributed by atoms with E-state index < -0.39 is 0 Å². The number of hydrogen-bond donors (Lipinski definition) is 0. The summed E-state index contributed by atoms with van der Waals surface area (Å²) in [6.45, 7) is 0. The first-order valence-corrected chi connectivity index (χ1v) is 7.42. The van der Waals surface area contributed by atoms with Gasteiger partial charge in [0.25, 0.3) is 0 Å². The van der Waals surface area contributed by atoms with E-state index in [4.69, 9.17) is 0 Å². The van der Waals surface area contributed by atoms with Crippen molar-refractivity contribution >= 4 is 11.8 Å². The molecule has 0 N–H and O–H groups in total. The Morgan fingerprint density at radius 3 is 2.47 bits per heavy atom. The third kappa shape index (κ3) is 3.51. The predicted octanol–water partition coefficient (Wildman–Crippen LogP) is 4.64. The van der Waals surface area contributed by atoms with Crippen molar-refractivity contribution in [1.29, 1.82) is 5.26 Å². The highest BCUT2D eigenvalue weighted by Crippen LogP contribution is 2.40. The van der Waals surface area contributed by atoms with Gasteiger partial charge < -0.3 is 0 Å². The van der Waals surface area contributed by atoms with Crippen molar-refractivity contribution in [2.45, 2.75) is 43.4 Å². The van der Waals surface area contributed by atoms with Gasteiger partial charge in [-0.15, -0.1) is 11.8 Å². The number of thioether (sulfide) groups is 1. The molecule has 90 valence electrons. The average molecular weight is 245 g/mol. The summed E-state index contributed by atoms with van der Waals surface area (Å²) in [6, 6.07) is 13.1. The maximum absolute atomic E-state index is 9.38. The van der Waals surface area contributed by atoms with Crippen LogP contribution in [0.1, 0.15) is 38.5 Å². The van der Waals surface area contributed by atoms with Crippen molar-refractivity contribution in [1.82, 2.24) is 0 Å². The molecule has 1 aliphatic rings. The van der Waals surface area contributed by atoms with Crippen molar-refractivity contribution in [3.8, 4) is 6.07 Å². The minimum atomic E-state index is -0.0139. The lowest BCUT2D eigenvalue weighted by molar-refractivity contribution is 0.261.